The number of hydrogen-bond acceptors (Lipinski definition) is 3. The van der Waals surface area contributed by atoms with Crippen LogP contribution in [0.2, 0.25) is 0 Å². The molecule has 1 aromatic carbocycles. The van der Waals surface area contributed by atoms with Crippen molar-refractivity contribution in [3.8, 4) is 5.75 Å². The first kappa shape index (κ1) is 14.3. The summed E-state index contributed by atoms with van der Waals surface area (Å²) >= 11 is 3.43. The maximum absolute atomic E-state index is 11.6. The molecule has 0 radical (unpaired) electrons. The highest BCUT2D eigenvalue weighted by molar-refractivity contribution is 9.10. The number of halogens is 1. The molecular weight excluding hydrogens is 312 g/mol. The molecule has 104 valence electrons. The van der Waals surface area contributed by atoms with Crippen LogP contribution in [-0.4, -0.2) is 25.3 Å². The SMILES string of the molecule is COCc1cc(OC)c(Br)cc1C1(C(=O)O)CCC1. The fourth-order valence-corrected chi connectivity index (χ4v) is 3.11. The van der Waals surface area contributed by atoms with Crippen LogP contribution in [0.5, 0.6) is 5.75 Å². The van der Waals surface area contributed by atoms with Gasteiger partial charge in [0.1, 0.15) is 5.75 Å². The fraction of sp³-hybridized carbons (Fsp3) is 0.500. The van der Waals surface area contributed by atoms with Gasteiger partial charge in [-0.3, -0.25) is 4.79 Å². The van der Waals surface area contributed by atoms with E-state index in [2.05, 4.69) is 15.9 Å². The third-order valence-corrected chi connectivity index (χ3v) is 4.43. The number of benzene rings is 1. The summed E-state index contributed by atoms with van der Waals surface area (Å²) in [7, 11) is 3.19. The first-order valence-corrected chi connectivity index (χ1v) is 6.93. The average Bonchev–Trinajstić information content (AvgIpc) is 2.30. The van der Waals surface area contributed by atoms with Gasteiger partial charge in [0.25, 0.3) is 0 Å². The second-order valence-corrected chi connectivity index (χ2v) is 5.67. The molecule has 0 atom stereocenters. The van der Waals surface area contributed by atoms with Gasteiger partial charge in [0.15, 0.2) is 0 Å². The molecule has 5 heteroatoms. The van der Waals surface area contributed by atoms with E-state index >= 15 is 0 Å². The van der Waals surface area contributed by atoms with Crippen molar-refractivity contribution >= 4 is 21.9 Å². The molecule has 1 N–H and O–H groups in total. The predicted molar refractivity (Wildman–Crippen MR) is 74.6 cm³/mol. The van der Waals surface area contributed by atoms with Gasteiger partial charge < -0.3 is 14.6 Å². The molecule has 1 fully saturated rings. The van der Waals surface area contributed by atoms with Gasteiger partial charge in [-0.05, 0) is 52.0 Å². The number of carboxylic acid groups (broad SMARTS) is 1. The lowest BCUT2D eigenvalue weighted by Crippen LogP contribution is -2.43. The summed E-state index contributed by atoms with van der Waals surface area (Å²) in [5.41, 5.74) is 0.952. The normalized spacial score (nSPS) is 16.8. The van der Waals surface area contributed by atoms with Gasteiger partial charge in [0.05, 0.1) is 23.6 Å². The molecule has 0 unspecified atom stereocenters. The molecule has 4 nitrogen and oxygen atoms in total. The molecule has 0 heterocycles. The summed E-state index contributed by atoms with van der Waals surface area (Å²) in [6.07, 6.45) is 2.30. The van der Waals surface area contributed by atoms with Crippen LogP contribution in [-0.2, 0) is 21.6 Å². The third kappa shape index (κ3) is 2.37. The number of ether oxygens (including phenoxy) is 2. The third-order valence-electron chi connectivity index (χ3n) is 3.81. The van der Waals surface area contributed by atoms with Crippen LogP contribution in [0.15, 0.2) is 16.6 Å². The van der Waals surface area contributed by atoms with E-state index in [1.54, 1.807) is 14.2 Å². The molecule has 2 rings (SSSR count). The van der Waals surface area contributed by atoms with Crippen LogP contribution in [0.4, 0.5) is 0 Å². The first-order chi connectivity index (χ1) is 9.05. The van der Waals surface area contributed by atoms with Gasteiger partial charge in [0.2, 0.25) is 0 Å². The molecule has 0 aromatic heterocycles. The van der Waals surface area contributed by atoms with E-state index in [4.69, 9.17) is 9.47 Å². The van der Waals surface area contributed by atoms with E-state index in [0.29, 0.717) is 25.2 Å². The van der Waals surface area contributed by atoms with Crippen molar-refractivity contribution in [3.63, 3.8) is 0 Å². The molecular formula is C14H17BrO4. The quantitative estimate of drug-likeness (QED) is 0.902. The average molecular weight is 329 g/mol. The number of methoxy groups -OCH3 is 2. The van der Waals surface area contributed by atoms with Crippen LogP contribution in [0.25, 0.3) is 0 Å². The van der Waals surface area contributed by atoms with Gasteiger partial charge in [-0.15, -0.1) is 0 Å². The van der Waals surface area contributed by atoms with Crippen LogP contribution in [0.1, 0.15) is 30.4 Å². The number of hydrogen-bond donors (Lipinski definition) is 1. The van der Waals surface area contributed by atoms with E-state index in [1.165, 1.54) is 0 Å². The maximum Gasteiger partial charge on any atom is 0.314 e. The second-order valence-electron chi connectivity index (χ2n) is 4.82. The van der Waals surface area contributed by atoms with E-state index in [9.17, 15) is 9.90 Å². The molecule has 0 bridgehead atoms. The Morgan fingerprint density at radius 1 is 1.42 bits per heavy atom. The monoisotopic (exact) mass is 328 g/mol. The molecule has 0 saturated heterocycles. The zero-order valence-electron chi connectivity index (χ0n) is 11.0. The standard InChI is InChI=1S/C14H17BrO4/c1-18-8-9-6-12(19-2)11(15)7-10(9)14(13(16)17)4-3-5-14/h6-7H,3-5,8H2,1-2H3,(H,16,17). The highest BCUT2D eigenvalue weighted by Crippen LogP contribution is 2.47. The molecule has 0 aliphatic heterocycles. The van der Waals surface area contributed by atoms with Crippen molar-refractivity contribution < 1.29 is 19.4 Å². The Labute approximate surface area is 120 Å². The Balaban J connectivity index is 2.54. The summed E-state index contributed by atoms with van der Waals surface area (Å²) in [5, 5.41) is 9.56. The molecule has 1 saturated carbocycles. The van der Waals surface area contributed by atoms with Crippen LogP contribution in [0, 0.1) is 0 Å². The number of rotatable bonds is 5. The van der Waals surface area contributed by atoms with Crippen molar-refractivity contribution in [1.29, 1.82) is 0 Å². The number of carbonyl (C=O) groups is 1. The smallest absolute Gasteiger partial charge is 0.314 e. The summed E-state index contributed by atoms with van der Waals surface area (Å²) in [6, 6.07) is 3.71. The summed E-state index contributed by atoms with van der Waals surface area (Å²) in [4.78, 5) is 11.6. The van der Waals surface area contributed by atoms with E-state index in [1.807, 2.05) is 12.1 Å². The van der Waals surface area contributed by atoms with E-state index < -0.39 is 11.4 Å². The molecule has 0 amide bonds. The van der Waals surface area contributed by atoms with Crippen LogP contribution >= 0.6 is 15.9 Å². The minimum absolute atomic E-state index is 0.383. The summed E-state index contributed by atoms with van der Waals surface area (Å²) in [6.45, 7) is 0.383. The zero-order chi connectivity index (χ0) is 14.0. The lowest BCUT2D eigenvalue weighted by atomic mass is 9.63. The molecule has 1 aliphatic carbocycles. The number of aliphatic carboxylic acids is 1. The van der Waals surface area contributed by atoms with Gasteiger partial charge in [-0.1, -0.05) is 6.42 Å². The Hall–Kier alpha value is -1.07. The second kappa shape index (κ2) is 5.51. The topological polar surface area (TPSA) is 55.8 Å². The highest BCUT2D eigenvalue weighted by atomic mass is 79.9. The summed E-state index contributed by atoms with van der Waals surface area (Å²) in [5.74, 6) is -0.0659. The van der Waals surface area contributed by atoms with Gasteiger partial charge >= 0.3 is 5.97 Å². The van der Waals surface area contributed by atoms with Crippen molar-refractivity contribution in [2.75, 3.05) is 14.2 Å². The molecule has 0 spiro atoms. The minimum Gasteiger partial charge on any atom is -0.496 e. The maximum atomic E-state index is 11.6. The summed E-state index contributed by atoms with van der Waals surface area (Å²) < 4.78 is 11.2. The lowest BCUT2D eigenvalue weighted by Gasteiger charge is -2.39. The molecule has 1 aromatic rings. The zero-order valence-corrected chi connectivity index (χ0v) is 12.6. The highest BCUT2D eigenvalue weighted by Gasteiger charge is 2.47. The fourth-order valence-electron chi connectivity index (χ4n) is 2.60. The Bertz CT molecular complexity index is 494. The number of carboxylic acids is 1. The molecule has 1 aliphatic rings. The van der Waals surface area contributed by atoms with Crippen molar-refractivity contribution in [3.05, 3.63) is 27.7 Å². The van der Waals surface area contributed by atoms with Crippen LogP contribution < -0.4 is 4.74 Å². The largest absolute Gasteiger partial charge is 0.496 e. The molecule has 19 heavy (non-hydrogen) atoms. The first-order valence-electron chi connectivity index (χ1n) is 6.14. The lowest BCUT2D eigenvalue weighted by molar-refractivity contribution is -0.147. The Morgan fingerprint density at radius 3 is 2.53 bits per heavy atom. The predicted octanol–water partition coefficient (Wildman–Crippen LogP) is 3.11. The van der Waals surface area contributed by atoms with Crippen LogP contribution in [0.3, 0.4) is 0 Å². The van der Waals surface area contributed by atoms with E-state index in [0.717, 1.165) is 22.0 Å². The van der Waals surface area contributed by atoms with Gasteiger partial charge in [-0.2, -0.15) is 0 Å². The van der Waals surface area contributed by atoms with Gasteiger partial charge in [-0.25, -0.2) is 0 Å². The van der Waals surface area contributed by atoms with Crippen molar-refractivity contribution in [2.45, 2.75) is 31.3 Å². The van der Waals surface area contributed by atoms with Crippen molar-refractivity contribution in [1.82, 2.24) is 0 Å². The Morgan fingerprint density at radius 2 is 2.11 bits per heavy atom. The Kier molecular flexibility index (Phi) is 4.16. The van der Waals surface area contributed by atoms with E-state index in [-0.39, 0.29) is 0 Å². The van der Waals surface area contributed by atoms with Gasteiger partial charge in [0, 0.05) is 7.11 Å². The van der Waals surface area contributed by atoms with Crippen molar-refractivity contribution in [2.24, 2.45) is 0 Å². The minimum atomic E-state index is -0.761.